The van der Waals surface area contributed by atoms with Gasteiger partial charge in [0, 0.05) is 17.3 Å². The van der Waals surface area contributed by atoms with E-state index in [4.69, 9.17) is 11.6 Å². The predicted molar refractivity (Wildman–Crippen MR) is 105 cm³/mol. The van der Waals surface area contributed by atoms with Gasteiger partial charge in [-0.25, -0.2) is 0 Å². The van der Waals surface area contributed by atoms with Crippen LogP contribution in [0.25, 0.3) is 0 Å². The van der Waals surface area contributed by atoms with Crippen LogP contribution < -0.4 is 10.6 Å². The number of halogens is 1. The zero-order valence-corrected chi connectivity index (χ0v) is 15.6. The maximum Gasteiger partial charge on any atom is 0.238 e. The predicted octanol–water partition coefficient (Wildman–Crippen LogP) is 2.96. The number of anilines is 1. The summed E-state index contributed by atoms with van der Waals surface area (Å²) in [5, 5.41) is 6.21. The third-order valence-corrected chi connectivity index (χ3v) is 3.98. The molecule has 0 aliphatic rings. The summed E-state index contributed by atoms with van der Waals surface area (Å²) in [4.78, 5) is 25.6. The largest absolute Gasteiger partial charge is 0.355 e. The Balaban J connectivity index is 1.62. The third kappa shape index (κ3) is 7.68. The molecule has 0 aliphatic heterocycles. The molecule has 2 aromatic carbocycles. The number of benzene rings is 2. The summed E-state index contributed by atoms with van der Waals surface area (Å²) < 4.78 is 0. The maximum absolute atomic E-state index is 12.0. The van der Waals surface area contributed by atoms with Gasteiger partial charge in [-0.2, -0.15) is 0 Å². The number of rotatable bonds is 9. The van der Waals surface area contributed by atoms with E-state index in [0.29, 0.717) is 17.3 Å². The number of amides is 2. The molecule has 5 nitrogen and oxygen atoms in total. The van der Waals surface area contributed by atoms with Gasteiger partial charge >= 0.3 is 0 Å². The average molecular weight is 374 g/mol. The Bertz CT molecular complexity index is 722. The fourth-order valence-corrected chi connectivity index (χ4v) is 2.72. The second-order valence-corrected chi connectivity index (χ2v) is 6.61. The van der Waals surface area contributed by atoms with Crippen LogP contribution in [0.15, 0.2) is 54.6 Å². The first-order valence-electron chi connectivity index (χ1n) is 8.57. The van der Waals surface area contributed by atoms with Crippen LogP contribution in [0, 0.1) is 0 Å². The highest BCUT2D eigenvalue weighted by atomic mass is 35.5. The third-order valence-electron chi connectivity index (χ3n) is 3.74. The Kier molecular flexibility index (Phi) is 8.12. The van der Waals surface area contributed by atoms with E-state index in [9.17, 15) is 9.59 Å². The van der Waals surface area contributed by atoms with Crippen molar-refractivity contribution < 1.29 is 9.59 Å². The maximum atomic E-state index is 12.0. The molecule has 0 spiro atoms. The highest BCUT2D eigenvalue weighted by molar-refractivity contribution is 6.30. The zero-order valence-electron chi connectivity index (χ0n) is 14.9. The molecule has 0 atom stereocenters. The van der Waals surface area contributed by atoms with E-state index < -0.39 is 0 Å². The summed E-state index contributed by atoms with van der Waals surface area (Å²) in [6.45, 7) is 0.925. The first kappa shape index (κ1) is 19.9. The Morgan fingerprint density at radius 1 is 1.00 bits per heavy atom. The van der Waals surface area contributed by atoms with Crippen LogP contribution in [-0.4, -0.2) is 43.4 Å². The molecule has 0 saturated heterocycles. The summed E-state index contributed by atoms with van der Waals surface area (Å²) in [6, 6.07) is 17.1. The first-order valence-corrected chi connectivity index (χ1v) is 8.95. The van der Waals surface area contributed by atoms with Gasteiger partial charge < -0.3 is 10.6 Å². The SMILES string of the molecule is CN(CC(=O)NCCCc1ccccc1)CC(=O)Nc1cccc(Cl)c1. The molecular formula is C20H24ClN3O2. The van der Waals surface area contributed by atoms with Crippen molar-refractivity contribution in [3.8, 4) is 0 Å². The number of carbonyl (C=O) groups is 2. The van der Waals surface area contributed by atoms with E-state index in [0.717, 1.165) is 12.8 Å². The Morgan fingerprint density at radius 2 is 1.73 bits per heavy atom. The molecule has 0 unspecified atom stereocenters. The molecule has 0 saturated carbocycles. The van der Waals surface area contributed by atoms with E-state index in [1.54, 1.807) is 36.2 Å². The number of aryl methyl sites for hydroxylation is 1. The molecule has 2 N–H and O–H groups in total. The molecule has 26 heavy (non-hydrogen) atoms. The normalized spacial score (nSPS) is 10.6. The van der Waals surface area contributed by atoms with E-state index in [1.165, 1.54) is 5.56 Å². The zero-order chi connectivity index (χ0) is 18.8. The average Bonchev–Trinajstić information content (AvgIpc) is 2.59. The summed E-state index contributed by atoms with van der Waals surface area (Å²) in [5.41, 5.74) is 1.90. The van der Waals surface area contributed by atoms with E-state index in [-0.39, 0.29) is 24.9 Å². The molecular weight excluding hydrogens is 350 g/mol. The lowest BCUT2D eigenvalue weighted by atomic mass is 10.1. The first-order chi connectivity index (χ1) is 12.5. The number of nitrogens with one attached hydrogen (secondary N) is 2. The number of nitrogens with zero attached hydrogens (tertiary/aromatic N) is 1. The molecule has 0 radical (unpaired) electrons. The van der Waals surface area contributed by atoms with Crippen molar-refractivity contribution in [3.05, 3.63) is 65.2 Å². The van der Waals surface area contributed by atoms with Gasteiger partial charge in [-0.05, 0) is 43.7 Å². The van der Waals surface area contributed by atoms with Gasteiger partial charge in [0.1, 0.15) is 0 Å². The molecule has 2 aromatic rings. The highest BCUT2D eigenvalue weighted by Crippen LogP contribution is 2.14. The van der Waals surface area contributed by atoms with Crippen LogP contribution in [-0.2, 0) is 16.0 Å². The van der Waals surface area contributed by atoms with Crippen LogP contribution in [0.1, 0.15) is 12.0 Å². The molecule has 2 amide bonds. The molecule has 0 fully saturated rings. The lowest BCUT2D eigenvalue weighted by molar-refractivity contribution is -0.122. The lowest BCUT2D eigenvalue weighted by Gasteiger charge is -2.16. The summed E-state index contributed by atoms with van der Waals surface area (Å²) in [5.74, 6) is -0.275. The van der Waals surface area contributed by atoms with Gasteiger partial charge in [-0.15, -0.1) is 0 Å². The fourth-order valence-electron chi connectivity index (χ4n) is 2.53. The highest BCUT2D eigenvalue weighted by Gasteiger charge is 2.10. The van der Waals surface area contributed by atoms with Gasteiger partial charge in [0.2, 0.25) is 11.8 Å². The minimum Gasteiger partial charge on any atom is -0.355 e. The van der Waals surface area contributed by atoms with Crippen molar-refractivity contribution >= 4 is 29.1 Å². The second kappa shape index (κ2) is 10.6. The molecule has 0 bridgehead atoms. The topological polar surface area (TPSA) is 61.4 Å². The second-order valence-electron chi connectivity index (χ2n) is 6.17. The number of hydrogen-bond acceptors (Lipinski definition) is 3. The quantitative estimate of drug-likeness (QED) is 0.664. The standard InChI is InChI=1S/C20H24ClN3O2/c1-24(15-20(26)23-18-11-5-10-17(21)13-18)14-19(25)22-12-6-9-16-7-3-2-4-8-16/h2-5,7-8,10-11,13H,6,9,12,14-15H2,1H3,(H,22,25)(H,23,26). The number of likely N-dealkylation sites (N-methyl/N-ethyl adjacent to an activating group) is 1. The summed E-state index contributed by atoms with van der Waals surface area (Å²) >= 11 is 5.89. The van der Waals surface area contributed by atoms with Crippen LogP contribution in [0.4, 0.5) is 5.69 Å². The van der Waals surface area contributed by atoms with Crippen molar-refractivity contribution in [1.82, 2.24) is 10.2 Å². The Morgan fingerprint density at radius 3 is 2.46 bits per heavy atom. The van der Waals surface area contributed by atoms with Crippen molar-refractivity contribution in [2.45, 2.75) is 12.8 Å². The smallest absolute Gasteiger partial charge is 0.238 e. The van der Waals surface area contributed by atoms with Gasteiger partial charge in [-0.3, -0.25) is 14.5 Å². The van der Waals surface area contributed by atoms with Crippen LogP contribution in [0.2, 0.25) is 5.02 Å². The lowest BCUT2D eigenvalue weighted by Crippen LogP contribution is -2.39. The summed E-state index contributed by atoms with van der Waals surface area (Å²) in [7, 11) is 1.74. The minimum atomic E-state index is -0.188. The number of carbonyl (C=O) groups excluding carboxylic acids is 2. The summed E-state index contributed by atoms with van der Waals surface area (Å²) in [6.07, 6.45) is 1.81. The van der Waals surface area contributed by atoms with Crippen molar-refractivity contribution in [2.24, 2.45) is 0 Å². The van der Waals surface area contributed by atoms with E-state index in [2.05, 4.69) is 22.8 Å². The van der Waals surface area contributed by atoms with E-state index in [1.807, 2.05) is 18.2 Å². The fraction of sp³-hybridized carbons (Fsp3) is 0.300. The van der Waals surface area contributed by atoms with Crippen LogP contribution in [0.5, 0.6) is 0 Å². The van der Waals surface area contributed by atoms with Crippen molar-refractivity contribution in [2.75, 3.05) is 32.0 Å². The Hall–Kier alpha value is -2.37. The monoisotopic (exact) mass is 373 g/mol. The molecule has 0 heterocycles. The molecule has 6 heteroatoms. The van der Waals surface area contributed by atoms with E-state index >= 15 is 0 Å². The molecule has 138 valence electrons. The van der Waals surface area contributed by atoms with Gasteiger partial charge in [-0.1, -0.05) is 48.0 Å². The van der Waals surface area contributed by atoms with Crippen molar-refractivity contribution in [3.63, 3.8) is 0 Å². The molecule has 2 rings (SSSR count). The minimum absolute atomic E-state index is 0.0869. The van der Waals surface area contributed by atoms with Crippen LogP contribution in [0.3, 0.4) is 0 Å². The van der Waals surface area contributed by atoms with Gasteiger partial charge in [0.15, 0.2) is 0 Å². The molecule has 0 aromatic heterocycles. The van der Waals surface area contributed by atoms with Gasteiger partial charge in [0.05, 0.1) is 13.1 Å². The molecule has 0 aliphatic carbocycles. The number of hydrogen-bond donors (Lipinski definition) is 2. The van der Waals surface area contributed by atoms with Crippen LogP contribution >= 0.6 is 11.6 Å². The van der Waals surface area contributed by atoms with Crippen molar-refractivity contribution in [1.29, 1.82) is 0 Å². The van der Waals surface area contributed by atoms with Gasteiger partial charge in [0.25, 0.3) is 0 Å². The Labute approximate surface area is 159 Å².